The molecule has 0 radical (unpaired) electrons. The number of carbonyl (C=O) groups is 2. The maximum atomic E-state index is 13.3. The molecule has 3 aromatic rings. The molecule has 2 aliphatic rings. The Morgan fingerprint density at radius 2 is 1.74 bits per heavy atom. The first-order chi connectivity index (χ1) is 16.8. The molecular weight excluding hydrogens is 444 g/mol. The number of ketones is 1. The zero-order valence-electron chi connectivity index (χ0n) is 20.5. The molecule has 35 heavy (non-hydrogen) atoms. The number of hydrogen-bond donors (Lipinski definition) is 0. The Morgan fingerprint density at radius 3 is 2.43 bits per heavy atom. The highest BCUT2D eigenvalue weighted by Crippen LogP contribution is 2.46. The van der Waals surface area contributed by atoms with E-state index >= 15 is 0 Å². The predicted molar refractivity (Wildman–Crippen MR) is 132 cm³/mol. The number of amides is 1. The number of likely N-dealkylation sites (tertiary alicyclic amines) is 1. The minimum Gasteiger partial charge on any atom is -0.493 e. The van der Waals surface area contributed by atoms with Gasteiger partial charge in [-0.1, -0.05) is 12.1 Å². The van der Waals surface area contributed by atoms with Gasteiger partial charge in [0.05, 0.1) is 30.3 Å². The van der Waals surface area contributed by atoms with E-state index in [1.54, 1.807) is 32.2 Å². The lowest BCUT2D eigenvalue weighted by Crippen LogP contribution is -2.50. The number of rotatable bonds is 5. The van der Waals surface area contributed by atoms with Crippen molar-refractivity contribution in [3.05, 3.63) is 71.5 Å². The van der Waals surface area contributed by atoms with Crippen LogP contribution in [0.15, 0.2) is 54.6 Å². The Kier molecular flexibility index (Phi) is 5.79. The van der Waals surface area contributed by atoms with Gasteiger partial charge >= 0.3 is 0 Å². The maximum absolute atomic E-state index is 13.3. The zero-order chi connectivity index (χ0) is 24.7. The van der Waals surface area contributed by atoms with Gasteiger partial charge in [-0.05, 0) is 56.3 Å². The van der Waals surface area contributed by atoms with E-state index in [4.69, 9.17) is 14.2 Å². The highest BCUT2D eigenvalue weighted by atomic mass is 16.5. The fraction of sp³-hybridized carbons (Fsp3) is 0.357. The molecule has 1 spiro atoms. The smallest absolute Gasteiger partial charge is 0.253 e. The topological polar surface area (TPSA) is 70.0 Å². The number of methoxy groups -OCH3 is 1. The van der Waals surface area contributed by atoms with Crippen molar-refractivity contribution in [2.45, 2.75) is 45.3 Å². The largest absolute Gasteiger partial charge is 0.493 e. The molecule has 2 aromatic carbocycles. The normalized spacial score (nSPS) is 15.9. The Labute approximate surface area is 205 Å². The van der Waals surface area contributed by atoms with E-state index in [1.807, 2.05) is 59.7 Å². The van der Waals surface area contributed by atoms with Gasteiger partial charge in [0.2, 0.25) is 0 Å². The minimum atomic E-state index is -0.592. The molecule has 182 valence electrons. The van der Waals surface area contributed by atoms with Crippen LogP contribution in [-0.2, 0) is 5.60 Å². The van der Waals surface area contributed by atoms with Crippen molar-refractivity contribution in [1.29, 1.82) is 0 Å². The summed E-state index contributed by atoms with van der Waals surface area (Å²) >= 11 is 0. The van der Waals surface area contributed by atoms with E-state index < -0.39 is 5.60 Å². The van der Waals surface area contributed by atoms with E-state index in [-0.39, 0.29) is 17.8 Å². The van der Waals surface area contributed by atoms with Crippen LogP contribution in [0.25, 0.3) is 5.69 Å². The fourth-order valence-corrected chi connectivity index (χ4v) is 5.08. The van der Waals surface area contributed by atoms with Crippen LogP contribution in [0.2, 0.25) is 0 Å². The molecule has 1 amide bonds. The molecule has 0 saturated carbocycles. The first-order valence-corrected chi connectivity index (χ1v) is 12.0. The summed E-state index contributed by atoms with van der Waals surface area (Å²) in [5.41, 5.74) is 2.45. The standard InChI is InChI=1S/C28H30N2O5/c1-18(2)34-24-11-9-20(17-25(24)33-4)27(32)29-15-13-28(14-16-29)26-12-10-21(19(3)31)30(26)22-7-5-6-8-23(22)35-28/h5-12,17-18H,13-16H2,1-4H3. The highest BCUT2D eigenvalue weighted by molar-refractivity contribution is 5.95. The molecule has 0 unspecified atom stereocenters. The second-order valence-corrected chi connectivity index (χ2v) is 9.38. The minimum absolute atomic E-state index is 0.00632. The molecule has 5 rings (SSSR count). The first kappa shape index (κ1) is 23.0. The van der Waals surface area contributed by atoms with Crippen LogP contribution >= 0.6 is 0 Å². The zero-order valence-corrected chi connectivity index (χ0v) is 20.5. The second kappa shape index (κ2) is 8.80. The van der Waals surface area contributed by atoms with Gasteiger partial charge in [-0.2, -0.15) is 0 Å². The average molecular weight is 475 g/mol. The quantitative estimate of drug-likeness (QED) is 0.487. The van der Waals surface area contributed by atoms with Gasteiger partial charge in [-0.15, -0.1) is 0 Å². The fourth-order valence-electron chi connectivity index (χ4n) is 5.08. The second-order valence-electron chi connectivity index (χ2n) is 9.38. The Hall–Kier alpha value is -3.74. The third-order valence-electron chi connectivity index (χ3n) is 6.75. The Bertz CT molecular complexity index is 1280. The van der Waals surface area contributed by atoms with Crippen LogP contribution in [0.5, 0.6) is 17.2 Å². The van der Waals surface area contributed by atoms with Crippen molar-refractivity contribution >= 4 is 11.7 Å². The van der Waals surface area contributed by atoms with Crippen molar-refractivity contribution in [2.75, 3.05) is 20.2 Å². The summed E-state index contributed by atoms with van der Waals surface area (Å²) in [5.74, 6) is 1.87. The predicted octanol–water partition coefficient (Wildman–Crippen LogP) is 5.00. The third kappa shape index (κ3) is 3.95. The van der Waals surface area contributed by atoms with E-state index in [0.29, 0.717) is 48.7 Å². The van der Waals surface area contributed by atoms with E-state index in [9.17, 15) is 9.59 Å². The van der Waals surface area contributed by atoms with Gasteiger partial charge in [-0.25, -0.2) is 0 Å². The van der Waals surface area contributed by atoms with Crippen molar-refractivity contribution < 1.29 is 23.8 Å². The molecule has 1 fully saturated rings. The number of para-hydroxylation sites is 2. The third-order valence-corrected chi connectivity index (χ3v) is 6.75. The highest BCUT2D eigenvalue weighted by Gasteiger charge is 2.45. The van der Waals surface area contributed by atoms with Crippen LogP contribution in [-0.4, -0.2) is 47.5 Å². The number of ether oxygens (including phenoxy) is 3. The lowest BCUT2D eigenvalue weighted by molar-refractivity contribution is -0.00942. The molecule has 1 saturated heterocycles. The molecule has 0 bridgehead atoms. The maximum Gasteiger partial charge on any atom is 0.253 e. The van der Waals surface area contributed by atoms with Crippen molar-refractivity contribution in [3.8, 4) is 22.9 Å². The van der Waals surface area contributed by atoms with Crippen molar-refractivity contribution in [1.82, 2.24) is 9.47 Å². The average Bonchev–Trinajstić information content (AvgIpc) is 3.31. The molecule has 0 N–H and O–H groups in total. The van der Waals surface area contributed by atoms with Crippen LogP contribution in [0.1, 0.15) is 60.2 Å². The number of fused-ring (bicyclic) bond motifs is 4. The molecule has 7 nitrogen and oxygen atoms in total. The number of nitrogens with zero attached hydrogens (tertiary/aromatic N) is 2. The molecule has 7 heteroatoms. The summed E-state index contributed by atoms with van der Waals surface area (Å²) in [4.78, 5) is 27.6. The number of aromatic nitrogens is 1. The van der Waals surface area contributed by atoms with Gasteiger partial charge in [0.1, 0.15) is 5.75 Å². The molecular formula is C28H30N2O5. The summed E-state index contributed by atoms with van der Waals surface area (Å²) in [7, 11) is 1.57. The molecule has 3 heterocycles. The van der Waals surface area contributed by atoms with E-state index in [1.165, 1.54) is 0 Å². The summed E-state index contributed by atoms with van der Waals surface area (Å²) in [6.45, 7) is 6.55. The Balaban J connectivity index is 1.40. The number of piperidine rings is 1. The van der Waals surface area contributed by atoms with Crippen molar-refractivity contribution in [2.24, 2.45) is 0 Å². The van der Waals surface area contributed by atoms with Gasteiger partial charge in [0, 0.05) is 38.4 Å². The van der Waals surface area contributed by atoms with Crippen molar-refractivity contribution in [3.63, 3.8) is 0 Å². The number of Topliss-reactive ketones (excluding diaryl/α,β-unsaturated/α-hetero) is 1. The Morgan fingerprint density at radius 1 is 1.00 bits per heavy atom. The van der Waals surface area contributed by atoms with Crippen LogP contribution in [0.4, 0.5) is 0 Å². The van der Waals surface area contributed by atoms with Gasteiger partial charge in [0.25, 0.3) is 5.91 Å². The number of carbonyl (C=O) groups excluding carboxylic acids is 2. The molecule has 2 aliphatic heterocycles. The van der Waals surface area contributed by atoms with Crippen LogP contribution in [0.3, 0.4) is 0 Å². The lowest BCUT2D eigenvalue weighted by atomic mass is 9.86. The lowest BCUT2D eigenvalue weighted by Gasteiger charge is -2.45. The monoisotopic (exact) mass is 474 g/mol. The van der Waals surface area contributed by atoms with Gasteiger partial charge in [0.15, 0.2) is 22.9 Å². The van der Waals surface area contributed by atoms with Crippen LogP contribution in [0, 0.1) is 0 Å². The number of hydrogen-bond acceptors (Lipinski definition) is 5. The van der Waals surface area contributed by atoms with Crippen LogP contribution < -0.4 is 14.2 Å². The first-order valence-electron chi connectivity index (χ1n) is 12.0. The summed E-state index contributed by atoms with van der Waals surface area (Å²) in [6, 6.07) is 17.0. The summed E-state index contributed by atoms with van der Waals surface area (Å²) < 4.78 is 19.9. The number of benzene rings is 2. The summed E-state index contributed by atoms with van der Waals surface area (Å²) in [6.07, 6.45) is 1.26. The SMILES string of the molecule is COc1cc(C(=O)N2CCC3(CC2)Oc2ccccc2-n2c(C(C)=O)ccc23)ccc1OC(C)C. The summed E-state index contributed by atoms with van der Waals surface area (Å²) in [5, 5.41) is 0. The molecule has 0 atom stereocenters. The van der Waals surface area contributed by atoms with E-state index in [0.717, 1.165) is 17.1 Å². The van der Waals surface area contributed by atoms with Gasteiger partial charge < -0.3 is 23.7 Å². The molecule has 0 aliphatic carbocycles. The van der Waals surface area contributed by atoms with E-state index in [2.05, 4.69) is 0 Å². The van der Waals surface area contributed by atoms with Gasteiger partial charge in [-0.3, -0.25) is 9.59 Å². The molecule has 1 aromatic heterocycles.